The van der Waals surface area contributed by atoms with Gasteiger partial charge in [-0.05, 0) is 24.3 Å². The Morgan fingerprint density at radius 1 is 1.29 bits per heavy atom. The maximum atomic E-state index is 13.1. The van der Waals surface area contributed by atoms with Gasteiger partial charge in [0.1, 0.15) is 23.7 Å². The smallest absolute Gasteiger partial charge is 0.234 e. The molecule has 1 N–H and O–H groups in total. The van der Waals surface area contributed by atoms with Crippen LogP contribution in [0.2, 0.25) is 0 Å². The minimum atomic E-state index is -0.754. The number of halogens is 2. The van der Waals surface area contributed by atoms with E-state index in [0.717, 1.165) is 35.7 Å². The third-order valence-corrected chi connectivity index (χ3v) is 3.95. The van der Waals surface area contributed by atoms with Crippen LogP contribution in [0.5, 0.6) is 0 Å². The van der Waals surface area contributed by atoms with Crippen molar-refractivity contribution >= 4 is 23.4 Å². The summed E-state index contributed by atoms with van der Waals surface area (Å²) >= 11 is 1.16. The second kappa shape index (κ2) is 7.26. The number of nitrogens with zero attached hydrogens (tertiary/aromatic N) is 3. The molecule has 9 heteroatoms. The quantitative estimate of drug-likeness (QED) is 0.692. The van der Waals surface area contributed by atoms with E-state index in [0.29, 0.717) is 11.7 Å². The molecule has 3 aromatic rings. The van der Waals surface area contributed by atoms with Gasteiger partial charge < -0.3 is 14.3 Å². The molecule has 24 heavy (non-hydrogen) atoms. The number of carbonyl (C=O) groups is 1. The van der Waals surface area contributed by atoms with Gasteiger partial charge >= 0.3 is 0 Å². The Morgan fingerprint density at radius 3 is 2.79 bits per heavy atom. The molecule has 0 bridgehead atoms. The molecular formula is C15H12F2N4O2S. The summed E-state index contributed by atoms with van der Waals surface area (Å²) in [4.78, 5) is 11.9. The molecule has 0 saturated heterocycles. The number of thioether (sulfide) groups is 1. The van der Waals surface area contributed by atoms with Gasteiger partial charge in [0, 0.05) is 11.8 Å². The Kier molecular flexibility index (Phi) is 4.90. The minimum Gasteiger partial charge on any atom is -0.467 e. The Hall–Kier alpha value is -2.68. The number of aromatic nitrogens is 3. The monoisotopic (exact) mass is 350 g/mol. The summed E-state index contributed by atoms with van der Waals surface area (Å²) in [5.74, 6) is -1.16. The topological polar surface area (TPSA) is 73.0 Å². The number of carbonyl (C=O) groups excluding carboxylic acids is 1. The van der Waals surface area contributed by atoms with Crippen molar-refractivity contribution < 1.29 is 18.0 Å². The van der Waals surface area contributed by atoms with Gasteiger partial charge in [-0.1, -0.05) is 11.8 Å². The number of nitrogens with one attached hydrogen (secondary N) is 1. The van der Waals surface area contributed by atoms with Crippen LogP contribution in [0.25, 0.3) is 0 Å². The number of hydrogen-bond donors (Lipinski definition) is 1. The molecule has 0 fully saturated rings. The Morgan fingerprint density at radius 2 is 2.08 bits per heavy atom. The second-order valence-corrected chi connectivity index (χ2v) is 5.76. The maximum absolute atomic E-state index is 13.1. The van der Waals surface area contributed by atoms with Gasteiger partial charge in [-0.25, -0.2) is 8.78 Å². The van der Waals surface area contributed by atoms with Crippen LogP contribution in [0, 0.1) is 11.6 Å². The molecule has 0 aliphatic heterocycles. The molecule has 0 aliphatic rings. The lowest BCUT2D eigenvalue weighted by Gasteiger charge is -2.06. The van der Waals surface area contributed by atoms with Crippen LogP contribution in [0.1, 0.15) is 5.76 Å². The first-order chi connectivity index (χ1) is 11.6. The highest BCUT2D eigenvalue weighted by Gasteiger charge is 2.11. The molecule has 2 aromatic heterocycles. The predicted octanol–water partition coefficient (Wildman–Crippen LogP) is 2.93. The van der Waals surface area contributed by atoms with Crippen LogP contribution >= 0.6 is 11.8 Å². The first-order valence-electron chi connectivity index (χ1n) is 6.89. The molecule has 0 saturated carbocycles. The summed E-state index contributed by atoms with van der Waals surface area (Å²) in [5, 5.41) is 10.7. The second-order valence-electron chi connectivity index (χ2n) is 4.82. The Balaban J connectivity index is 1.57. The fraction of sp³-hybridized carbons (Fsp3) is 0.133. The van der Waals surface area contributed by atoms with E-state index < -0.39 is 17.5 Å². The molecule has 0 unspecified atom stereocenters. The standard InChI is InChI=1S/C15H12F2N4O2S/c16-10-4-11(17)6-12(5-10)19-14(22)8-24-15-20-18-9-21(15)7-13-2-1-3-23-13/h1-6,9H,7-8H2,(H,19,22). The van der Waals surface area contributed by atoms with Crippen LogP contribution in [-0.4, -0.2) is 26.4 Å². The van der Waals surface area contributed by atoms with Gasteiger partial charge in [0.05, 0.1) is 18.6 Å². The predicted molar refractivity (Wildman–Crippen MR) is 83.5 cm³/mol. The van der Waals surface area contributed by atoms with Crippen molar-refractivity contribution in [1.29, 1.82) is 0 Å². The van der Waals surface area contributed by atoms with Gasteiger partial charge in [0.2, 0.25) is 5.91 Å². The molecule has 0 radical (unpaired) electrons. The van der Waals surface area contributed by atoms with Crippen molar-refractivity contribution in [3.05, 3.63) is 60.3 Å². The average Bonchev–Trinajstić information content (AvgIpc) is 3.16. The molecule has 1 aromatic carbocycles. The SMILES string of the molecule is O=C(CSc1nncn1Cc1ccco1)Nc1cc(F)cc(F)c1. The van der Waals surface area contributed by atoms with Crippen molar-refractivity contribution in [1.82, 2.24) is 14.8 Å². The first-order valence-corrected chi connectivity index (χ1v) is 7.87. The molecule has 0 atom stereocenters. The molecule has 1 amide bonds. The lowest BCUT2D eigenvalue weighted by molar-refractivity contribution is -0.113. The summed E-state index contributed by atoms with van der Waals surface area (Å²) in [7, 11) is 0. The third-order valence-electron chi connectivity index (χ3n) is 2.96. The summed E-state index contributed by atoms with van der Waals surface area (Å²) in [6.07, 6.45) is 3.10. The molecule has 0 spiro atoms. The summed E-state index contributed by atoms with van der Waals surface area (Å²) in [6, 6.07) is 6.43. The van der Waals surface area contributed by atoms with Gasteiger partial charge in [0.25, 0.3) is 0 Å². The van der Waals surface area contributed by atoms with E-state index in [1.807, 2.05) is 6.07 Å². The largest absolute Gasteiger partial charge is 0.467 e. The number of rotatable bonds is 6. The van der Waals surface area contributed by atoms with Gasteiger partial charge in [-0.2, -0.15) is 0 Å². The van der Waals surface area contributed by atoms with Crippen molar-refractivity contribution in [3.8, 4) is 0 Å². The maximum Gasteiger partial charge on any atom is 0.234 e. The normalized spacial score (nSPS) is 10.8. The average molecular weight is 350 g/mol. The van der Waals surface area contributed by atoms with Gasteiger partial charge in [-0.15, -0.1) is 10.2 Å². The zero-order valence-corrected chi connectivity index (χ0v) is 13.1. The summed E-state index contributed by atoms with van der Waals surface area (Å²) in [5.41, 5.74) is 0.0650. The Labute approximate surface area is 139 Å². The lowest BCUT2D eigenvalue weighted by Crippen LogP contribution is -2.15. The van der Waals surface area contributed by atoms with Crippen LogP contribution < -0.4 is 5.32 Å². The van der Waals surface area contributed by atoms with Crippen LogP contribution in [-0.2, 0) is 11.3 Å². The number of amides is 1. The fourth-order valence-corrected chi connectivity index (χ4v) is 2.70. The Bertz CT molecular complexity index is 816. The highest BCUT2D eigenvalue weighted by atomic mass is 32.2. The lowest BCUT2D eigenvalue weighted by atomic mass is 10.3. The molecular weight excluding hydrogens is 338 g/mol. The van der Waals surface area contributed by atoms with E-state index in [4.69, 9.17) is 4.42 Å². The zero-order chi connectivity index (χ0) is 16.9. The minimum absolute atomic E-state index is 0.0228. The molecule has 0 aliphatic carbocycles. The zero-order valence-electron chi connectivity index (χ0n) is 12.3. The van der Waals surface area contributed by atoms with Gasteiger partial charge in [-0.3, -0.25) is 4.79 Å². The van der Waals surface area contributed by atoms with Gasteiger partial charge in [0.15, 0.2) is 5.16 Å². The first kappa shape index (κ1) is 16.2. The molecule has 3 rings (SSSR count). The van der Waals surface area contributed by atoms with E-state index in [1.54, 1.807) is 16.9 Å². The molecule has 2 heterocycles. The van der Waals surface area contributed by atoms with E-state index in [9.17, 15) is 13.6 Å². The number of anilines is 1. The summed E-state index contributed by atoms with van der Waals surface area (Å²) in [6.45, 7) is 0.444. The van der Waals surface area contributed by atoms with Crippen LogP contribution in [0.4, 0.5) is 14.5 Å². The van der Waals surface area contributed by atoms with E-state index in [-0.39, 0.29) is 11.4 Å². The molecule has 124 valence electrons. The highest BCUT2D eigenvalue weighted by Crippen LogP contribution is 2.18. The van der Waals surface area contributed by atoms with Crippen molar-refractivity contribution in [2.24, 2.45) is 0 Å². The number of hydrogen-bond acceptors (Lipinski definition) is 5. The van der Waals surface area contributed by atoms with Crippen molar-refractivity contribution in [2.75, 3.05) is 11.1 Å². The van der Waals surface area contributed by atoms with Crippen molar-refractivity contribution in [2.45, 2.75) is 11.7 Å². The molecule has 6 nitrogen and oxygen atoms in total. The number of benzene rings is 1. The van der Waals surface area contributed by atoms with E-state index >= 15 is 0 Å². The fourth-order valence-electron chi connectivity index (χ4n) is 1.99. The van der Waals surface area contributed by atoms with E-state index in [1.165, 1.54) is 6.33 Å². The number of furan rings is 1. The van der Waals surface area contributed by atoms with Crippen LogP contribution in [0.3, 0.4) is 0 Å². The highest BCUT2D eigenvalue weighted by molar-refractivity contribution is 7.99. The van der Waals surface area contributed by atoms with E-state index in [2.05, 4.69) is 15.5 Å². The third kappa shape index (κ3) is 4.19. The summed E-state index contributed by atoms with van der Waals surface area (Å²) < 4.78 is 33.2. The van der Waals surface area contributed by atoms with Crippen LogP contribution in [0.15, 0.2) is 52.5 Å². The van der Waals surface area contributed by atoms with Crippen molar-refractivity contribution in [3.63, 3.8) is 0 Å².